The van der Waals surface area contributed by atoms with Crippen LogP contribution in [0, 0.1) is 0 Å². The molecule has 0 bridgehead atoms. The molecule has 120 valence electrons. The van der Waals surface area contributed by atoms with E-state index in [2.05, 4.69) is 24.1 Å². The molecule has 1 aliphatic heterocycles. The molecular weight excluding hydrogens is 278 g/mol. The summed E-state index contributed by atoms with van der Waals surface area (Å²) in [6.07, 6.45) is 3.38. The Morgan fingerprint density at radius 1 is 1.27 bits per heavy atom. The number of anilines is 1. The van der Waals surface area contributed by atoms with Crippen molar-refractivity contribution in [2.45, 2.75) is 51.6 Å². The van der Waals surface area contributed by atoms with Gasteiger partial charge in [-0.3, -0.25) is 14.5 Å². The fraction of sp³-hybridized carbons (Fsp3) is 0.529. The number of primary amides is 1. The molecule has 1 unspecified atom stereocenters. The highest BCUT2D eigenvalue weighted by Crippen LogP contribution is 2.21. The van der Waals surface area contributed by atoms with Crippen LogP contribution in [-0.4, -0.2) is 35.3 Å². The van der Waals surface area contributed by atoms with Gasteiger partial charge in [0.15, 0.2) is 0 Å². The number of piperidine rings is 1. The maximum absolute atomic E-state index is 12.5. The smallest absolute Gasteiger partial charge is 0.241 e. The summed E-state index contributed by atoms with van der Waals surface area (Å²) in [5.41, 5.74) is 6.78. The van der Waals surface area contributed by atoms with Crippen molar-refractivity contribution in [2.75, 3.05) is 11.9 Å². The molecule has 0 radical (unpaired) electrons. The van der Waals surface area contributed by atoms with Crippen LogP contribution in [0.25, 0.3) is 0 Å². The molecule has 1 saturated heterocycles. The second-order valence-corrected chi connectivity index (χ2v) is 6.17. The minimum atomic E-state index is -0.355. The average molecular weight is 303 g/mol. The number of hydrogen-bond acceptors (Lipinski definition) is 3. The molecule has 2 rings (SSSR count). The maximum Gasteiger partial charge on any atom is 0.241 e. The second-order valence-electron chi connectivity index (χ2n) is 6.17. The first-order chi connectivity index (χ1) is 10.5. The van der Waals surface area contributed by atoms with E-state index in [1.807, 2.05) is 24.3 Å². The Labute approximate surface area is 131 Å². The van der Waals surface area contributed by atoms with Gasteiger partial charge in [0.05, 0.1) is 12.5 Å². The van der Waals surface area contributed by atoms with Gasteiger partial charge < -0.3 is 11.1 Å². The molecule has 2 amide bonds. The van der Waals surface area contributed by atoms with Crippen molar-refractivity contribution in [2.24, 2.45) is 5.73 Å². The summed E-state index contributed by atoms with van der Waals surface area (Å²) in [6.45, 7) is 5.24. The molecule has 3 N–H and O–H groups in total. The lowest BCUT2D eigenvalue weighted by Gasteiger charge is -2.37. The first-order valence-electron chi connectivity index (χ1n) is 7.91. The van der Waals surface area contributed by atoms with Gasteiger partial charge in [-0.1, -0.05) is 18.6 Å². The molecule has 1 atom stereocenters. The van der Waals surface area contributed by atoms with Gasteiger partial charge in [0.1, 0.15) is 0 Å². The number of nitrogens with one attached hydrogen (secondary N) is 1. The zero-order valence-electron chi connectivity index (χ0n) is 13.3. The Kier molecular flexibility index (Phi) is 5.55. The minimum absolute atomic E-state index is 0.0519. The van der Waals surface area contributed by atoms with E-state index >= 15 is 0 Å². The molecule has 22 heavy (non-hydrogen) atoms. The number of carbonyl (C=O) groups is 2. The average Bonchev–Trinajstić information content (AvgIpc) is 2.48. The molecule has 5 heteroatoms. The summed E-state index contributed by atoms with van der Waals surface area (Å²) in [7, 11) is 0. The molecule has 1 heterocycles. The van der Waals surface area contributed by atoms with Gasteiger partial charge in [0.2, 0.25) is 11.8 Å². The normalized spacial score (nSPS) is 19.1. The third kappa shape index (κ3) is 4.31. The van der Waals surface area contributed by atoms with Crippen molar-refractivity contribution >= 4 is 17.5 Å². The molecule has 0 aliphatic carbocycles. The Balaban J connectivity index is 1.99. The van der Waals surface area contributed by atoms with E-state index in [9.17, 15) is 9.59 Å². The van der Waals surface area contributed by atoms with Crippen LogP contribution in [0.2, 0.25) is 0 Å². The van der Waals surface area contributed by atoms with Gasteiger partial charge >= 0.3 is 0 Å². The number of nitrogens with zero attached hydrogens (tertiary/aromatic N) is 1. The molecule has 0 aromatic heterocycles. The van der Waals surface area contributed by atoms with E-state index in [1.54, 1.807) is 0 Å². The third-order valence-corrected chi connectivity index (χ3v) is 4.11. The molecule has 1 aliphatic rings. The lowest BCUT2D eigenvalue weighted by molar-refractivity contribution is -0.123. The van der Waals surface area contributed by atoms with Gasteiger partial charge in [-0.15, -0.1) is 0 Å². The standard InChI is InChI=1S/C17H25N3O2/c1-12(2)20-10-4-3-5-15(20)17(22)19-14-8-6-13(7-9-14)11-16(18)21/h6-9,12,15H,3-5,10-11H2,1-2H3,(H2,18,21)(H,19,22). The summed E-state index contributed by atoms with van der Waals surface area (Å²) >= 11 is 0. The monoisotopic (exact) mass is 303 g/mol. The van der Waals surface area contributed by atoms with E-state index in [-0.39, 0.29) is 24.3 Å². The predicted octanol–water partition coefficient (Wildman–Crippen LogP) is 1.92. The number of hydrogen-bond donors (Lipinski definition) is 2. The van der Waals surface area contributed by atoms with Crippen molar-refractivity contribution in [3.8, 4) is 0 Å². The molecule has 0 spiro atoms. The summed E-state index contributed by atoms with van der Waals surface area (Å²) in [6, 6.07) is 7.59. The minimum Gasteiger partial charge on any atom is -0.369 e. The quantitative estimate of drug-likeness (QED) is 0.872. The molecular formula is C17H25N3O2. The lowest BCUT2D eigenvalue weighted by atomic mass is 9.99. The van der Waals surface area contributed by atoms with Gasteiger partial charge in [-0.05, 0) is 50.9 Å². The summed E-state index contributed by atoms with van der Waals surface area (Å²) in [5, 5.41) is 2.98. The lowest BCUT2D eigenvalue weighted by Crippen LogP contribution is -2.50. The number of nitrogens with two attached hydrogens (primary N) is 1. The van der Waals surface area contributed by atoms with Gasteiger partial charge in [0, 0.05) is 11.7 Å². The Morgan fingerprint density at radius 2 is 1.95 bits per heavy atom. The van der Waals surface area contributed by atoms with Gasteiger partial charge in [-0.25, -0.2) is 0 Å². The fourth-order valence-electron chi connectivity index (χ4n) is 2.99. The van der Waals surface area contributed by atoms with Crippen molar-refractivity contribution in [3.63, 3.8) is 0 Å². The van der Waals surface area contributed by atoms with Crippen LogP contribution >= 0.6 is 0 Å². The predicted molar refractivity (Wildman–Crippen MR) is 87.5 cm³/mol. The Morgan fingerprint density at radius 3 is 2.55 bits per heavy atom. The Bertz CT molecular complexity index is 525. The first kappa shape index (κ1) is 16.5. The number of benzene rings is 1. The van der Waals surface area contributed by atoms with Crippen molar-refractivity contribution < 1.29 is 9.59 Å². The van der Waals surface area contributed by atoms with Crippen molar-refractivity contribution in [1.29, 1.82) is 0 Å². The van der Waals surface area contributed by atoms with E-state index in [1.165, 1.54) is 0 Å². The zero-order valence-corrected chi connectivity index (χ0v) is 13.3. The number of likely N-dealkylation sites (tertiary alicyclic amines) is 1. The molecule has 1 aromatic rings. The fourth-order valence-corrected chi connectivity index (χ4v) is 2.99. The highest BCUT2D eigenvalue weighted by atomic mass is 16.2. The van der Waals surface area contributed by atoms with Crippen LogP contribution in [0.1, 0.15) is 38.7 Å². The molecule has 1 aromatic carbocycles. The molecule has 1 fully saturated rings. The first-order valence-corrected chi connectivity index (χ1v) is 7.91. The van der Waals surface area contributed by atoms with Crippen LogP contribution in [0.3, 0.4) is 0 Å². The SMILES string of the molecule is CC(C)N1CCCCC1C(=O)Nc1ccc(CC(N)=O)cc1. The largest absolute Gasteiger partial charge is 0.369 e. The van der Waals surface area contributed by atoms with Gasteiger partial charge in [0.25, 0.3) is 0 Å². The Hall–Kier alpha value is -1.88. The summed E-state index contributed by atoms with van der Waals surface area (Å²) < 4.78 is 0. The highest BCUT2D eigenvalue weighted by molar-refractivity contribution is 5.95. The van der Waals surface area contributed by atoms with Crippen LogP contribution < -0.4 is 11.1 Å². The molecule has 0 saturated carbocycles. The van der Waals surface area contributed by atoms with E-state index in [0.717, 1.165) is 37.1 Å². The molecule has 5 nitrogen and oxygen atoms in total. The zero-order chi connectivity index (χ0) is 16.1. The van der Waals surface area contributed by atoms with Crippen molar-refractivity contribution in [3.05, 3.63) is 29.8 Å². The summed E-state index contributed by atoms with van der Waals surface area (Å²) in [4.78, 5) is 25.7. The maximum atomic E-state index is 12.5. The van der Waals surface area contributed by atoms with E-state index in [0.29, 0.717) is 6.04 Å². The van der Waals surface area contributed by atoms with E-state index in [4.69, 9.17) is 5.73 Å². The van der Waals surface area contributed by atoms with E-state index < -0.39 is 0 Å². The second kappa shape index (κ2) is 7.40. The summed E-state index contributed by atoms with van der Waals surface area (Å²) in [5.74, 6) is -0.303. The highest BCUT2D eigenvalue weighted by Gasteiger charge is 2.30. The topological polar surface area (TPSA) is 75.4 Å². The van der Waals surface area contributed by atoms with Crippen LogP contribution in [0.15, 0.2) is 24.3 Å². The van der Waals surface area contributed by atoms with Gasteiger partial charge in [-0.2, -0.15) is 0 Å². The number of amides is 2. The van der Waals surface area contributed by atoms with Crippen LogP contribution in [0.5, 0.6) is 0 Å². The third-order valence-electron chi connectivity index (χ3n) is 4.11. The van der Waals surface area contributed by atoms with Crippen LogP contribution in [-0.2, 0) is 16.0 Å². The number of carbonyl (C=O) groups excluding carboxylic acids is 2. The van der Waals surface area contributed by atoms with Crippen molar-refractivity contribution in [1.82, 2.24) is 4.90 Å². The number of rotatable bonds is 5. The van der Waals surface area contributed by atoms with Crippen LogP contribution in [0.4, 0.5) is 5.69 Å².